The molecule has 1 heterocycles. The first-order chi connectivity index (χ1) is 6.71. The molecule has 1 rings (SSSR count). The van der Waals surface area contributed by atoms with E-state index in [-0.39, 0.29) is 5.54 Å². The average Bonchev–Trinajstić information content (AvgIpc) is 2.24. The second-order valence-electron chi connectivity index (χ2n) is 5.99. The first-order valence-electron chi connectivity index (χ1n) is 5.94. The number of hydrogen-bond donors (Lipinski definition) is 1. The molecule has 0 radical (unpaired) electrons. The van der Waals surface area contributed by atoms with Crippen molar-refractivity contribution < 1.29 is 5.11 Å². The van der Waals surface area contributed by atoms with Crippen molar-refractivity contribution in [1.82, 2.24) is 9.80 Å². The van der Waals surface area contributed by atoms with Crippen LogP contribution >= 0.6 is 0 Å². The molecule has 1 aliphatic rings. The first-order valence-corrected chi connectivity index (χ1v) is 5.94. The van der Waals surface area contributed by atoms with Gasteiger partial charge in [-0.1, -0.05) is 0 Å². The van der Waals surface area contributed by atoms with Gasteiger partial charge in [0.15, 0.2) is 0 Å². The van der Waals surface area contributed by atoms with E-state index in [2.05, 4.69) is 30.6 Å². The van der Waals surface area contributed by atoms with Crippen LogP contribution in [0.4, 0.5) is 0 Å². The lowest BCUT2D eigenvalue weighted by Gasteiger charge is -2.36. The van der Waals surface area contributed by atoms with Crippen molar-refractivity contribution in [3.05, 3.63) is 0 Å². The van der Waals surface area contributed by atoms with E-state index in [1.807, 2.05) is 13.8 Å². The number of rotatable bonds is 1. The Labute approximate surface area is 94.1 Å². The van der Waals surface area contributed by atoms with Gasteiger partial charge in [0.2, 0.25) is 0 Å². The van der Waals surface area contributed by atoms with Gasteiger partial charge in [0.25, 0.3) is 0 Å². The largest absolute Gasteiger partial charge is 0.376 e. The predicted molar refractivity (Wildman–Crippen MR) is 63.8 cm³/mol. The zero-order valence-electron chi connectivity index (χ0n) is 10.9. The molecule has 15 heavy (non-hydrogen) atoms. The van der Waals surface area contributed by atoms with E-state index >= 15 is 0 Å². The minimum atomic E-state index is -0.673. The summed E-state index contributed by atoms with van der Waals surface area (Å²) in [5.74, 6) is 0. The van der Waals surface area contributed by atoms with Crippen molar-refractivity contribution in [1.29, 1.82) is 0 Å². The molecule has 0 aromatic heterocycles. The Hall–Kier alpha value is -0.120. The molecular weight excluding hydrogens is 188 g/mol. The number of hydrogen-bond acceptors (Lipinski definition) is 3. The standard InChI is InChI=1S/C12H26N2O/c1-11(2,3)13-7-6-8-14(10-9-13)12(4,5)15/h15H,6-10H2,1-5H3. The molecule has 90 valence electrons. The van der Waals surface area contributed by atoms with Crippen LogP contribution in [-0.2, 0) is 0 Å². The molecule has 1 saturated heterocycles. The van der Waals surface area contributed by atoms with Crippen molar-refractivity contribution >= 4 is 0 Å². The van der Waals surface area contributed by atoms with Crippen LogP contribution < -0.4 is 0 Å². The molecule has 0 aromatic rings. The Balaban J connectivity index is 2.57. The van der Waals surface area contributed by atoms with Crippen LogP contribution in [0.3, 0.4) is 0 Å². The van der Waals surface area contributed by atoms with Gasteiger partial charge in [0.1, 0.15) is 5.72 Å². The highest BCUT2D eigenvalue weighted by atomic mass is 16.3. The fourth-order valence-electron chi connectivity index (χ4n) is 2.14. The summed E-state index contributed by atoms with van der Waals surface area (Å²) in [5.41, 5.74) is -0.427. The molecule has 0 aromatic carbocycles. The molecule has 3 heteroatoms. The van der Waals surface area contributed by atoms with Crippen LogP contribution in [-0.4, -0.2) is 52.3 Å². The fraction of sp³-hybridized carbons (Fsp3) is 1.00. The van der Waals surface area contributed by atoms with E-state index in [1.54, 1.807) is 0 Å². The summed E-state index contributed by atoms with van der Waals surface area (Å²) >= 11 is 0. The molecule has 3 nitrogen and oxygen atoms in total. The zero-order valence-corrected chi connectivity index (χ0v) is 10.9. The summed E-state index contributed by atoms with van der Waals surface area (Å²) in [6.07, 6.45) is 1.14. The van der Waals surface area contributed by atoms with Gasteiger partial charge < -0.3 is 5.11 Å². The quantitative estimate of drug-likeness (QED) is 0.717. The van der Waals surface area contributed by atoms with Crippen LogP contribution in [0.5, 0.6) is 0 Å². The molecule has 1 aliphatic heterocycles. The van der Waals surface area contributed by atoms with E-state index in [0.29, 0.717) is 0 Å². The van der Waals surface area contributed by atoms with Crippen LogP contribution in [0, 0.1) is 0 Å². The van der Waals surface area contributed by atoms with E-state index in [0.717, 1.165) is 32.6 Å². The maximum atomic E-state index is 9.96. The summed E-state index contributed by atoms with van der Waals surface area (Å²) in [5, 5.41) is 9.96. The van der Waals surface area contributed by atoms with Crippen molar-refractivity contribution in [2.45, 2.75) is 52.3 Å². The van der Waals surface area contributed by atoms with Gasteiger partial charge in [-0.05, 0) is 47.6 Å². The second kappa shape index (κ2) is 4.40. The molecule has 0 atom stereocenters. The van der Waals surface area contributed by atoms with Gasteiger partial charge >= 0.3 is 0 Å². The zero-order chi connectivity index (χ0) is 11.7. The van der Waals surface area contributed by atoms with Crippen molar-refractivity contribution in [3.8, 4) is 0 Å². The SMILES string of the molecule is CC(C)(C)N1CCCN(C(C)(C)O)CC1. The Bertz CT molecular complexity index is 181. The Kier molecular flexibility index (Phi) is 3.80. The lowest BCUT2D eigenvalue weighted by molar-refractivity contribution is -0.0764. The molecule has 0 aliphatic carbocycles. The topological polar surface area (TPSA) is 26.7 Å². The predicted octanol–water partition coefficient (Wildman–Crippen LogP) is 1.52. The van der Waals surface area contributed by atoms with Gasteiger partial charge in [-0.15, -0.1) is 0 Å². The van der Waals surface area contributed by atoms with Gasteiger partial charge in [0, 0.05) is 25.2 Å². The maximum Gasteiger partial charge on any atom is 0.112 e. The molecule has 0 unspecified atom stereocenters. The van der Waals surface area contributed by atoms with Crippen LogP contribution in [0.1, 0.15) is 41.0 Å². The Morgan fingerprint density at radius 1 is 0.800 bits per heavy atom. The summed E-state index contributed by atoms with van der Waals surface area (Å²) < 4.78 is 0. The van der Waals surface area contributed by atoms with Gasteiger partial charge in [-0.25, -0.2) is 0 Å². The summed E-state index contributed by atoms with van der Waals surface area (Å²) in [4.78, 5) is 4.66. The van der Waals surface area contributed by atoms with Crippen molar-refractivity contribution in [2.75, 3.05) is 26.2 Å². The van der Waals surface area contributed by atoms with Gasteiger partial charge in [0.05, 0.1) is 0 Å². The van der Waals surface area contributed by atoms with E-state index < -0.39 is 5.72 Å². The third-order valence-electron chi connectivity index (χ3n) is 3.22. The van der Waals surface area contributed by atoms with Crippen LogP contribution in [0.15, 0.2) is 0 Å². The third-order valence-corrected chi connectivity index (χ3v) is 3.22. The minimum absolute atomic E-state index is 0.246. The first kappa shape index (κ1) is 12.9. The molecule has 0 bridgehead atoms. The average molecular weight is 214 g/mol. The summed E-state index contributed by atoms with van der Waals surface area (Å²) in [6, 6.07) is 0. The highest BCUT2D eigenvalue weighted by Crippen LogP contribution is 2.19. The lowest BCUT2D eigenvalue weighted by Crippen LogP contribution is -2.47. The molecular formula is C12H26N2O. The molecule has 0 saturated carbocycles. The summed E-state index contributed by atoms with van der Waals surface area (Å²) in [7, 11) is 0. The maximum absolute atomic E-state index is 9.96. The monoisotopic (exact) mass is 214 g/mol. The molecule has 0 spiro atoms. The van der Waals surface area contributed by atoms with Gasteiger partial charge in [-0.2, -0.15) is 0 Å². The molecule has 1 N–H and O–H groups in total. The summed E-state index contributed by atoms with van der Waals surface area (Å²) in [6.45, 7) is 14.7. The van der Waals surface area contributed by atoms with E-state index in [9.17, 15) is 5.11 Å². The van der Waals surface area contributed by atoms with Crippen molar-refractivity contribution in [2.24, 2.45) is 0 Å². The minimum Gasteiger partial charge on any atom is -0.376 e. The fourth-order valence-corrected chi connectivity index (χ4v) is 2.14. The van der Waals surface area contributed by atoms with Crippen molar-refractivity contribution in [3.63, 3.8) is 0 Å². The lowest BCUT2D eigenvalue weighted by atomic mass is 10.1. The number of aliphatic hydroxyl groups is 1. The van der Waals surface area contributed by atoms with Crippen LogP contribution in [0.2, 0.25) is 0 Å². The normalized spacial score (nSPS) is 22.8. The Morgan fingerprint density at radius 3 is 1.73 bits per heavy atom. The smallest absolute Gasteiger partial charge is 0.112 e. The third kappa shape index (κ3) is 3.74. The van der Waals surface area contributed by atoms with Crippen LogP contribution in [0.25, 0.3) is 0 Å². The Morgan fingerprint density at radius 2 is 1.27 bits per heavy atom. The van der Waals surface area contributed by atoms with E-state index in [1.165, 1.54) is 0 Å². The van der Waals surface area contributed by atoms with Gasteiger partial charge in [-0.3, -0.25) is 9.80 Å². The number of nitrogens with zero attached hydrogens (tertiary/aromatic N) is 2. The molecule has 1 fully saturated rings. The van der Waals surface area contributed by atoms with E-state index in [4.69, 9.17) is 0 Å². The second-order valence-corrected chi connectivity index (χ2v) is 5.99. The highest BCUT2D eigenvalue weighted by molar-refractivity contribution is 4.82. The molecule has 0 amide bonds. The highest BCUT2D eigenvalue weighted by Gasteiger charge is 2.29.